The van der Waals surface area contributed by atoms with Crippen LogP contribution in [-0.4, -0.2) is 23.2 Å². The third-order valence-corrected chi connectivity index (χ3v) is 4.54. The van der Waals surface area contributed by atoms with Gasteiger partial charge < -0.3 is 14.6 Å². The Morgan fingerprint density at radius 3 is 2.52 bits per heavy atom. The number of nitrogens with zero attached hydrogens (tertiary/aromatic N) is 2. The molecule has 0 fully saturated rings. The van der Waals surface area contributed by atoms with Gasteiger partial charge in [-0.3, -0.25) is 4.79 Å². The van der Waals surface area contributed by atoms with Crippen molar-refractivity contribution in [3.05, 3.63) is 83.4 Å². The molecule has 0 bridgehead atoms. The molecule has 7 heteroatoms. The number of rotatable bonds is 5. The molecule has 29 heavy (non-hydrogen) atoms. The molecule has 1 aromatic heterocycles. The van der Waals surface area contributed by atoms with Crippen LogP contribution in [0.1, 0.15) is 10.4 Å². The average molecular weight is 406 g/mol. The fourth-order valence-corrected chi connectivity index (χ4v) is 2.98. The van der Waals surface area contributed by atoms with Crippen molar-refractivity contribution in [2.45, 2.75) is 0 Å². The Morgan fingerprint density at radius 1 is 1.00 bits per heavy atom. The number of nitrogens with one attached hydrogen (secondary N) is 1. The lowest BCUT2D eigenvalue weighted by Crippen LogP contribution is -2.13. The summed E-state index contributed by atoms with van der Waals surface area (Å²) in [5, 5.41) is 7.51. The van der Waals surface area contributed by atoms with E-state index >= 15 is 0 Å². The molecule has 0 unspecified atom stereocenters. The summed E-state index contributed by atoms with van der Waals surface area (Å²) in [6.07, 6.45) is 0. The number of carbonyl (C=O) groups excluding carboxylic acids is 1. The minimum absolute atomic E-state index is 0.251. The number of methoxy groups -OCH3 is 1. The second kappa shape index (κ2) is 8.16. The SMILES string of the molecule is COc1ccccc1NC(=O)c1ccccc1-c1nc(-c2ccc(Cl)cc2)no1. The summed E-state index contributed by atoms with van der Waals surface area (Å²) in [5.41, 5.74) is 2.28. The molecule has 3 aromatic carbocycles. The van der Waals surface area contributed by atoms with E-state index in [0.717, 1.165) is 5.56 Å². The van der Waals surface area contributed by atoms with Gasteiger partial charge in [-0.15, -0.1) is 0 Å². The van der Waals surface area contributed by atoms with Crippen molar-refractivity contribution in [2.75, 3.05) is 12.4 Å². The molecule has 0 aliphatic rings. The van der Waals surface area contributed by atoms with E-state index in [1.165, 1.54) is 0 Å². The molecule has 0 saturated heterocycles. The Labute approximate surface area is 172 Å². The van der Waals surface area contributed by atoms with Crippen LogP contribution in [0, 0.1) is 0 Å². The van der Waals surface area contributed by atoms with Gasteiger partial charge in [-0.1, -0.05) is 41.0 Å². The van der Waals surface area contributed by atoms with Gasteiger partial charge in [0.1, 0.15) is 5.75 Å². The van der Waals surface area contributed by atoms with Crippen LogP contribution in [0.5, 0.6) is 5.75 Å². The van der Waals surface area contributed by atoms with Crippen molar-refractivity contribution in [3.63, 3.8) is 0 Å². The molecule has 0 radical (unpaired) electrons. The lowest BCUT2D eigenvalue weighted by atomic mass is 10.1. The largest absolute Gasteiger partial charge is 0.495 e. The first-order chi connectivity index (χ1) is 14.2. The zero-order valence-corrected chi connectivity index (χ0v) is 16.2. The van der Waals surface area contributed by atoms with E-state index < -0.39 is 0 Å². The first kappa shape index (κ1) is 18.7. The fourth-order valence-electron chi connectivity index (χ4n) is 2.85. The summed E-state index contributed by atoms with van der Waals surface area (Å²) in [7, 11) is 1.55. The van der Waals surface area contributed by atoms with E-state index in [9.17, 15) is 4.79 Å². The Bertz CT molecular complexity index is 1160. The molecule has 0 aliphatic heterocycles. The van der Waals surface area contributed by atoms with E-state index in [1.807, 2.05) is 12.1 Å². The molecule has 4 aromatic rings. The lowest BCUT2D eigenvalue weighted by molar-refractivity contribution is 0.102. The third kappa shape index (κ3) is 3.97. The second-order valence-corrected chi connectivity index (χ2v) is 6.57. The van der Waals surface area contributed by atoms with Crippen molar-refractivity contribution < 1.29 is 14.1 Å². The van der Waals surface area contributed by atoms with Crippen molar-refractivity contribution in [1.82, 2.24) is 10.1 Å². The lowest BCUT2D eigenvalue weighted by Gasteiger charge is -2.11. The summed E-state index contributed by atoms with van der Waals surface area (Å²) in [5.74, 6) is 0.926. The molecule has 1 heterocycles. The zero-order valence-electron chi connectivity index (χ0n) is 15.4. The molecule has 0 aliphatic carbocycles. The number of anilines is 1. The van der Waals surface area contributed by atoms with E-state index in [-0.39, 0.29) is 11.8 Å². The van der Waals surface area contributed by atoms with Crippen LogP contribution in [0.15, 0.2) is 77.3 Å². The first-order valence-electron chi connectivity index (χ1n) is 8.79. The molecule has 144 valence electrons. The first-order valence-corrected chi connectivity index (χ1v) is 9.17. The van der Waals surface area contributed by atoms with Crippen LogP contribution in [0.3, 0.4) is 0 Å². The van der Waals surface area contributed by atoms with Crippen LogP contribution < -0.4 is 10.1 Å². The van der Waals surface area contributed by atoms with E-state index in [2.05, 4.69) is 15.5 Å². The number of carbonyl (C=O) groups is 1. The van der Waals surface area contributed by atoms with Gasteiger partial charge in [-0.25, -0.2) is 0 Å². The molecular weight excluding hydrogens is 390 g/mol. The van der Waals surface area contributed by atoms with Crippen LogP contribution in [-0.2, 0) is 0 Å². The van der Waals surface area contributed by atoms with Gasteiger partial charge in [0, 0.05) is 10.6 Å². The minimum Gasteiger partial charge on any atom is -0.495 e. The number of hydrogen-bond acceptors (Lipinski definition) is 5. The van der Waals surface area contributed by atoms with Gasteiger partial charge in [0.25, 0.3) is 11.8 Å². The summed E-state index contributed by atoms with van der Waals surface area (Å²) in [6, 6.07) is 21.3. The third-order valence-electron chi connectivity index (χ3n) is 4.29. The molecule has 4 rings (SSSR count). The van der Waals surface area contributed by atoms with Crippen LogP contribution in [0.4, 0.5) is 5.69 Å². The summed E-state index contributed by atoms with van der Waals surface area (Å²) >= 11 is 5.93. The Kier molecular flexibility index (Phi) is 5.27. The van der Waals surface area contributed by atoms with Gasteiger partial charge in [-0.05, 0) is 48.5 Å². The van der Waals surface area contributed by atoms with Crippen LogP contribution in [0.25, 0.3) is 22.8 Å². The number of aromatic nitrogens is 2. The standard InChI is InChI=1S/C22H16ClN3O3/c1-28-19-9-5-4-8-18(19)24-21(27)16-6-2-3-7-17(16)22-25-20(26-29-22)14-10-12-15(23)13-11-14/h2-13H,1H3,(H,24,27). The highest BCUT2D eigenvalue weighted by Gasteiger charge is 2.19. The highest BCUT2D eigenvalue weighted by Crippen LogP contribution is 2.28. The Hall–Kier alpha value is -3.64. The van der Waals surface area contributed by atoms with Crippen molar-refractivity contribution in [1.29, 1.82) is 0 Å². The highest BCUT2D eigenvalue weighted by atomic mass is 35.5. The number of hydrogen-bond donors (Lipinski definition) is 1. The maximum atomic E-state index is 12.9. The number of para-hydroxylation sites is 2. The molecule has 1 amide bonds. The Balaban J connectivity index is 1.65. The molecule has 1 N–H and O–H groups in total. The molecule has 0 spiro atoms. The summed E-state index contributed by atoms with van der Waals surface area (Å²) in [6.45, 7) is 0. The van der Waals surface area contributed by atoms with Gasteiger partial charge >= 0.3 is 0 Å². The second-order valence-electron chi connectivity index (χ2n) is 6.13. The molecular formula is C22H16ClN3O3. The van der Waals surface area contributed by atoms with Gasteiger partial charge in [0.2, 0.25) is 5.82 Å². The molecule has 0 saturated carbocycles. The topological polar surface area (TPSA) is 77.2 Å². The van der Waals surface area contributed by atoms with Crippen molar-refractivity contribution in [3.8, 4) is 28.6 Å². The van der Waals surface area contributed by atoms with Crippen molar-refractivity contribution in [2.24, 2.45) is 0 Å². The smallest absolute Gasteiger partial charge is 0.259 e. The van der Waals surface area contributed by atoms with Gasteiger partial charge in [0.15, 0.2) is 0 Å². The van der Waals surface area contributed by atoms with Crippen LogP contribution in [0.2, 0.25) is 5.02 Å². The monoisotopic (exact) mass is 405 g/mol. The number of halogens is 1. The normalized spacial score (nSPS) is 10.6. The van der Waals surface area contributed by atoms with Crippen LogP contribution >= 0.6 is 11.6 Å². The van der Waals surface area contributed by atoms with E-state index in [4.69, 9.17) is 20.9 Å². The predicted molar refractivity (Wildman–Crippen MR) is 111 cm³/mol. The summed E-state index contributed by atoms with van der Waals surface area (Å²) < 4.78 is 10.7. The van der Waals surface area contributed by atoms with Gasteiger partial charge in [0.05, 0.1) is 23.9 Å². The quantitative estimate of drug-likeness (QED) is 0.486. The maximum Gasteiger partial charge on any atom is 0.259 e. The summed E-state index contributed by atoms with van der Waals surface area (Å²) in [4.78, 5) is 17.4. The predicted octanol–water partition coefficient (Wildman–Crippen LogP) is 5.32. The van der Waals surface area contributed by atoms with Crippen molar-refractivity contribution >= 4 is 23.2 Å². The zero-order chi connectivity index (χ0) is 20.2. The van der Waals surface area contributed by atoms with Gasteiger partial charge in [-0.2, -0.15) is 4.98 Å². The number of amides is 1. The maximum absolute atomic E-state index is 12.9. The molecule has 0 atom stereocenters. The Morgan fingerprint density at radius 2 is 1.72 bits per heavy atom. The highest BCUT2D eigenvalue weighted by molar-refractivity contribution is 6.30. The fraction of sp³-hybridized carbons (Fsp3) is 0.0455. The number of benzene rings is 3. The average Bonchev–Trinajstić information content (AvgIpc) is 3.25. The van der Waals surface area contributed by atoms with E-state index in [0.29, 0.717) is 33.4 Å². The molecule has 6 nitrogen and oxygen atoms in total. The minimum atomic E-state index is -0.309. The number of ether oxygens (including phenoxy) is 1. The van der Waals surface area contributed by atoms with E-state index in [1.54, 1.807) is 67.8 Å².